The monoisotopic (exact) mass is 210 g/mol. The Labute approximate surface area is 90.5 Å². The standard InChI is InChI=1S/C12H18O3/c1-2-3-4-5-6-7-11-12(14)10(13)8-9-15-11/h8-9,11H,2-7H2,1H3. The number of hydrogen-bond acceptors (Lipinski definition) is 3. The van der Waals surface area contributed by atoms with Gasteiger partial charge in [0.1, 0.15) is 0 Å². The number of hydrogen-bond donors (Lipinski definition) is 0. The molecule has 0 aromatic carbocycles. The maximum Gasteiger partial charge on any atom is 0.243 e. The molecule has 0 saturated carbocycles. The van der Waals surface area contributed by atoms with Gasteiger partial charge in [-0.2, -0.15) is 0 Å². The van der Waals surface area contributed by atoms with Gasteiger partial charge in [0.15, 0.2) is 6.10 Å². The van der Waals surface area contributed by atoms with Crippen molar-refractivity contribution in [2.45, 2.75) is 51.6 Å². The van der Waals surface area contributed by atoms with Crippen molar-refractivity contribution in [3.05, 3.63) is 12.3 Å². The number of ether oxygens (including phenoxy) is 1. The predicted molar refractivity (Wildman–Crippen MR) is 57.4 cm³/mol. The maximum atomic E-state index is 11.3. The number of unbranched alkanes of at least 4 members (excludes halogenated alkanes) is 4. The van der Waals surface area contributed by atoms with Crippen LogP contribution in [0.3, 0.4) is 0 Å². The number of Topliss-reactive ketones (excluding diaryl/α,β-unsaturated/α-hetero) is 1. The van der Waals surface area contributed by atoms with E-state index in [4.69, 9.17) is 4.74 Å². The highest BCUT2D eigenvalue weighted by atomic mass is 16.5. The minimum absolute atomic E-state index is 0.395. The third kappa shape index (κ3) is 3.86. The van der Waals surface area contributed by atoms with Gasteiger partial charge in [-0.05, 0) is 12.8 Å². The summed E-state index contributed by atoms with van der Waals surface area (Å²) in [5, 5.41) is 0. The van der Waals surface area contributed by atoms with Gasteiger partial charge in [-0.3, -0.25) is 9.59 Å². The first-order valence-corrected chi connectivity index (χ1v) is 5.66. The summed E-state index contributed by atoms with van der Waals surface area (Å²) in [6.45, 7) is 2.16. The lowest BCUT2D eigenvalue weighted by molar-refractivity contribution is -0.141. The predicted octanol–water partition coefficient (Wildman–Crippen LogP) is 2.40. The third-order valence-corrected chi connectivity index (χ3v) is 2.57. The smallest absolute Gasteiger partial charge is 0.243 e. The zero-order valence-corrected chi connectivity index (χ0v) is 9.20. The van der Waals surface area contributed by atoms with E-state index in [-0.39, 0.29) is 0 Å². The van der Waals surface area contributed by atoms with Gasteiger partial charge < -0.3 is 4.74 Å². The lowest BCUT2D eigenvalue weighted by Gasteiger charge is -2.16. The summed E-state index contributed by atoms with van der Waals surface area (Å²) in [4.78, 5) is 22.3. The summed E-state index contributed by atoms with van der Waals surface area (Å²) in [6, 6.07) is 0. The molecule has 3 nitrogen and oxygen atoms in total. The van der Waals surface area contributed by atoms with Crippen LogP contribution in [-0.2, 0) is 14.3 Å². The van der Waals surface area contributed by atoms with Crippen molar-refractivity contribution < 1.29 is 14.3 Å². The van der Waals surface area contributed by atoms with Crippen LogP contribution in [0.4, 0.5) is 0 Å². The van der Waals surface area contributed by atoms with Crippen molar-refractivity contribution in [3.8, 4) is 0 Å². The number of carbonyl (C=O) groups excluding carboxylic acids is 2. The van der Waals surface area contributed by atoms with Crippen LogP contribution in [0.5, 0.6) is 0 Å². The molecule has 1 heterocycles. The summed E-state index contributed by atoms with van der Waals surface area (Å²) in [7, 11) is 0. The minimum Gasteiger partial charge on any atom is -0.490 e. The van der Waals surface area contributed by atoms with E-state index in [1.165, 1.54) is 31.6 Å². The lowest BCUT2D eigenvalue weighted by Crippen LogP contribution is -2.31. The van der Waals surface area contributed by atoms with E-state index in [2.05, 4.69) is 6.92 Å². The number of carbonyl (C=O) groups is 2. The summed E-state index contributed by atoms with van der Waals surface area (Å²) in [6.07, 6.45) is 8.37. The Morgan fingerprint density at radius 2 is 1.93 bits per heavy atom. The van der Waals surface area contributed by atoms with Gasteiger partial charge in [0.25, 0.3) is 0 Å². The van der Waals surface area contributed by atoms with Crippen molar-refractivity contribution in [2.24, 2.45) is 0 Å². The summed E-state index contributed by atoms with van der Waals surface area (Å²) >= 11 is 0. The van der Waals surface area contributed by atoms with Gasteiger partial charge >= 0.3 is 0 Å². The van der Waals surface area contributed by atoms with Crippen LogP contribution in [0.25, 0.3) is 0 Å². The quantitative estimate of drug-likeness (QED) is 0.499. The second kappa shape index (κ2) is 6.38. The number of allylic oxidation sites excluding steroid dienone is 1. The van der Waals surface area contributed by atoms with Gasteiger partial charge in [0, 0.05) is 6.08 Å². The van der Waals surface area contributed by atoms with Crippen LogP contribution >= 0.6 is 0 Å². The third-order valence-electron chi connectivity index (χ3n) is 2.57. The van der Waals surface area contributed by atoms with Gasteiger partial charge in [-0.25, -0.2) is 0 Å². The van der Waals surface area contributed by atoms with Crippen LogP contribution in [0.2, 0.25) is 0 Å². The molecule has 1 rings (SSSR count). The number of rotatable bonds is 6. The lowest BCUT2D eigenvalue weighted by atomic mass is 10.0. The molecule has 0 amide bonds. The van der Waals surface area contributed by atoms with E-state index in [0.29, 0.717) is 6.42 Å². The second-order valence-electron chi connectivity index (χ2n) is 3.86. The highest BCUT2D eigenvalue weighted by Gasteiger charge is 2.26. The Kier molecular flexibility index (Phi) is 5.08. The average molecular weight is 210 g/mol. The van der Waals surface area contributed by atoms with Crippen LogP contribution in [0, 0.1) is 0 Å². The molecule has 0 aromatic heterocycles. The summed E-state index contributed by atoms with van der Waals surface area (Å²) in [5.74, 6) is -0.826. The minimum atomic E-state index is -0.524. The van der Waals surface area contributed by atoms with Crippen LogP contribution in [0.1, 0.15) is 45.4 Å². The van der Waals surface area contributed by atoms with Crippen LogP contribution in [-0.4, -0.2) is 17.7 Å². The first kappa shape index (κ1) is 12.0. The first-order chi connectivity index (χ1) is 7.25. The highest BCUT2D eigenvalue weighted by molar-refractivity contribution is 6.43. The van der Waals surface area contributed by atoms with E-state index < -0.39 is 17.7 Å². The van der Waals surface area contributed by atoms with Gasteiger partial charge in [-0.15, -0.1) is 0 Å². The van der Waals surface area contributed by atoms with Gasteiger partial charge in [0.05, 0.1) is 6.26 Å². The van der Waals surface area contributed by atoms with Crippen molar-refractivity contribution in [3.63, 3.8) is 0 Å². The average Bonchev–Trinajstić information content (AvgIpc) is 2.24. The van der Waals surface area contributed by atoms with Crippen LogP contribution < -0.4 is 0 Å². The molecule has 1 aliphatic rings. The Balaban J connectivity index is 2.19. The van der Waals surface area contributed by atoms with E-state index >= 15 is 0 Å². The topological polar surface area (TPSA) is 43.4 Å². The highest BCUT2D eigenvalue weighted by Crippen LogP contribution is 2.13. The molecule has 3 heteroatoms. The number of ketones is 2. The zero-order chi connectivity index (χ0) is 11.1. The fraction of sp³-hybridized carbons (Fsp3) is 0.667. The Bertz CT molecular complexity index is 256. The van der Waals surface area contributed by atoms with E-state index in [1.807, 2.05) is 0 Å². The maximum absolute atomic E-state index is 11.3. The molecule has 1 aliphatic heterocycles. The molecule has 0 spiro atoms. The SMILES string of the molecule is CCCCCCCC1OC=CC(=O)C1=O. The molecule has 0 radical (unpaired) electrons. The second-order valence-corrected chi connectivity index (χ2v) is 3.86. The van der Waals surface area contributed by atoms with Crippen molar-refractivity contribution >= 4 is 11.6 Å². The Hall–Kier alpha value is -1.12. The Morgan fingerprint density at radius 1 is 1.20 bits per heavy atom. The fourth-order valence-electron chi connectivity index (χ4n) is 1.63. The molecule has 0 N–H and O–H groups in total. The molecule has 1 atom stereocenters. The fourth-order valence-corrected chi connectivity index (χ4v) is 1.63. The first-order valence-electron chi connectivity index (χ1n) is 5.66. The van der Waals surface area contributed by atoms with Gasteiger partial charge in [-0.1, -0.05) is 32.6 Å². The molecule has 0 aliphatic carbocycles. The molecule has 15 heavy (non-hydrogen) atoms. The molecule has 0 saturated heterocycles. The van der Waals surface area contributed by atoms with E-state index in [9.17, 15) is 9.59 Å². The van der Waals surface area contributed by atoms with Crippen molar-refractivity contribution in [1.29, 1.82) is 0 Å². The summed E-state index contributed by atoms with van der Waals surface area (Å²) in [5.41, 5.74) is 0. The Morgan fingerprint density at radius 3 is 2.67 bits per heavy atom. The largest absolute Gasteiger partial charge is 0.490 e. The normalized spacial score (nSPS) is 20.5. The van der Waals surface area contributed by atoms with E-state index in [1.54, 1.807) is 0 Å². The summed E-state index contributed by atoms with van der Waals surface area (Å²) < 4.78 is 5.12. The van der Waals surface area contributed by atoms with Crippen molar-refractivity contribution in [2.75, 3.05) is 0 Å². The van der Waals surface area contributed by atoms with Crippen LogP contribution in [0.15, 0.2) is 12.3 Å². The van der Waals surface area contributed by atoms with Gasteiger partial charge in [0.2, 0.25) is 11.6 Å². The molecule has 0 aromatic rings. The van der Waals surface area contributed by atoms with E-state index in [0.717, 1.165) is 12.8 Å². The molecule has 0 fully saturated rings. The van der Waals surface area contributed by atoms with Crippen molar-refractivity contribution in [1.82, 2.24) is 0 Å². The molecule has 84 valence electrons. The molecule has 1 unspecified atom stereocenters. The molecule has 0 bridgehead atoms. The molecular formula is C12H18O3. The zero-order valence-electron chi connectivity index (χ0n) is 9.20. The molecular weight excluding hydrogens is 192 g/mol.